The van der Waals surface area contributed by atoms with Crippen LogP contribution in [0.2, 0.25) is 0 Å². The van der Waals surface area contributed by atoms with Crippen molar-refractivity contribution < 1.29 is 19.1 Å². The third-order valence-electron chi connectivity index (χ3n) is 5.38. The third-order valence-corrected chi connectivity index (χ3v) is 5.38. The Morgan fingerprint density at radius 2 is 2.04 bits per heavy atom. The van der Waals surface area contributed by atoms with Crippen LogP contribution < -0.4 is 0 Å². The average molecular weight is 327 g/mol. The molecule has 3 atom stereocenters. The lowest BCUT2D eigenvalue weighted by Crippen LogP contribution is -2.52. The smallest absolute Gasteiger partial charge is 0.355 e. The Kier molecular flexibility index (Phi) is 3.88. The lowest BCUT2D eigenvalue weighted by molar-refractivity contribution is -0.151. The number of amides is 1. The molecular formula is C19H21NO4. The van der Waals surface area contributed by atoms with E-state index in [0.29, 0.717) is 12.1 Å². The van der Waals surface area contributed by atoms with E-state index in [4.69, 9.17) is 9.47 Å². The molecule has 24 heavy (non-hydrogen) atoms. The minimum atomic E-state index is -0.404. The molecule has 0 radical (unpaired) electrons. The standard InChI is InChI=1S/C19H21NO4/c1-23-15-9-5-8-13-14-10-16(21)20(14)18(17(13)15)19(22)24-11-12-6-3-2-4-7-12/h2-4,6-7,13-15H,5,8-11H2,1H3/t13-,14-,15+/m0/s1. The molecule has 1 saturated heterocycles. The fourth-order valence-electron chi connectivity index (χ4n) is 4.25. The van der Waals surface area contributed by atoms with E-state index in [1.54, 1.807) is 12.0 Å². The first-order valence-corrected chi connectivity index (χ1v) is 8.50. The fraction of sp³-hybridized carbons (Fsp3) is 0.474. The predicted octanol–water partition coefficient (Wildman–Crippen LogP) is 2.41. The van der Waals surface area contributed by atoms with Crippen LogP contribution in [0.1, 0.15) is 31.2 Å². The van der Waals surface area contributed by atoms with Gasteiger partial charge in [0.25, 0.3) is 0 Å². The van der Waals surface area contributed by atoms with Crippen LogP contribution in [0.3, 0.4) is 0 Å². The summed E-state index contributed by atoms with van der Waals surface area (Å²) >= 11 is 0. The summed E-state index contributed by atoms with van der Waals surface area (Å²) in [5, 5.41) is 0. The Hall–Kier alpha value is -2.14. The van der Waals surface area contributed by atoms with Crippen LogP contribution in [0.15, 0.2) is 41.6 Å². The molecule has 3 aliphatic rings. The number of benzene rings is 1. The van der Waals surface area contributed by atoms with Gasteiger partial charge in [0, 0.05) is 19.4 Å². The number of β-lactam (4-membered cyclic amide) rings is 1. The van der Waals surface area contributed by atoms with Crippen molar-refractivity contribution in [1.29, 1.82) is 0 Å². The van der Waals surface area contributed by atoms with E-state index in [1.165, 1.54) is 0 Å². The molecule has 1 saturated carbocycles. The van der Waals surface area contributed by atoms with Gasteiger partial charge in [-0.2, -0.15) is 0 Å². The molecule has 1 aliphatic carbocycles. The van der Waals surface area contributed by atoms with Gasteiger partial charge in [0.05, 0.1) is 12.1 Å². The first-order chi connectivity index (χ1) is 11.7. The van der Waals surface area contributed by atoms with E-state index in [2.05, 4.69) is 0 Å². The molecular weight excluding hydrogens is 306 g/mol. The van der Waals surface area contributed by atoms with E-state index in [-0.39, 0.29) is 30.6 Å². The summed E-state index contributed by atoms with van der Waals surface area (Å²) in [6.07, 6.45) is 3.42. The third kappa shape index (κ3) is 2.35. The number of esters is 1. The van der Waals surface area contributed by atoms with Crippen LogP contribution in [0.5, 0.6) is 0 Å². The zero-order chi connectivity index (χ0) is 16.7. The number of rotatable bonds is 4. The maximum atomic E-state index is 12.7. The molecule has 2 fully saturated rings. The summed E-state index contributed by atoms with van der Waals surface area (Å²) in [5.74, 6) is -0.137. The van der Waals surface area contributed by atoms with Gasteiger partial charge in [0.1, 0.15) is 12.3 Å². The highest BCUT2D eigenvalue weighted by molar-refractivity contribution is 5.99. The quantitative estimate of drug-likeness (QED) is 0.629. The van der Waals surface area contributed by atoms with Crippen molar-refractivity contribution in [2.24, 2.45) is 5.92 Å². The van der Waals surface area contributed by atoms with E-state index < -0.39 is 5.97 Å². The van der Waals surface area contributed by atoms with Crippen molar-refractivity contribution >= 4 is 11.9 Å². The molecule has 1 aromatic rings. The van der Waals surface area contributed by atoms with E-state index in [1.807, 2.05) is 30.3 Å². The lowest BCUT2D eigenvalue weighted by atomic mass is 9.77. The predicted molar refractivity (Wildman–Crippen MR) is 86.7 cm³/mol. The van der Waals surface area contributed by atoms with Crippen LogP contribution in [0.4, 0.5) is 0 Å². The fourth-order valence-corrected chi connectivity index (χ4v) is 4.25. The molecule has 1 amide bonds. The number of hydrogen-bond acceptors (Lipinski definition) is 4. The van der Waals surface area contributed by atoms with Crippen molar-refractivity contribution in [2.45, 2.75) is 44.4 Å². The zero-order valence-corrected chi connectivity index (χ0v) is 13.7. The molecule has 0 unspecified atom stereocenters. The van der Waals surface area contributed by atoms with Gasteiger partial charge in [-0.25, -0.2) is 4.79 Å². The highest BCUT2D eigenvalue weighted by Crippen LogP contribution is 2.49. The van der Waals surface area contributed by atoms with Gasteiger partial charge < -0.3 is 14.4 Å². The molecule has 1 aromatic carbocycles. The average Bonchev–Trinajstić information content (AvgIpc) is 2.89. The number of methoxy groups -OCH3 is 1. The molecule has 4 rings (SSSR count). The molecule has 5 heteroatoms. The first kappa shape index (κ1) is 15.4. The summed E-state index contributed by atoms with van der Waals surface area (Å²) in [4.78, 5) is 26.5. The van der Waals surface area contributed by atoms with Gasteiger partial charge in [-0.3, -0.25) is 4.79 Å². The van der Waals surface area contributed by atoms with Crippen LogP contribution in [-0.4, -0.2) is 36.0 Å². The van der Waals surface area contributed by atoms with E-state index >= 15 is 0 Å². The Labute approximate surface area is 141 Å². The second-order valence-electron chi connectivity index (χ2n) is 6.66. The SMILES string of the molecule is CO[C@@H]1CCC[C@@H]2C1=C(C(=O)OCc1ccccc1)N1C(=O)C[C@@H]21. The first-order valence-electron chi connectivity index (χ1n) is 8.50. The molecule has 2 aliphatic heterocycles. The second-order valence-corrected chi connectivity index (χ2v) is 6.66. The number of ether oxygens (including phenoxy) is 2. The summed E-state index contributed by atoms with van der Waals surface area (Å²) in [6, 6.07) is 9.70. The van der Waals surface area contributed by atoms with Crippen LogP contribution in [0.25, 0.3) is 0 Å². The topological polar surface area (TPSA) is 55.8 Å². The van der Waals surface area contributed by atoms with Gasteiger partial charge in [0.2, 0.25) is 5.91 Å². The van der Waals surface area contributed by atoms with Gasteiger partial charge in [0.15, 0.2) is 0 Å². The van der Waals surface area contributed by atoms with Crippen LogP contribution in [-0.2, 0) is 25.7 Å². The molecule has 5 nitrogen and oxygen atoms in total. The van der Waals surface area contributed by atoms with Crippen molar-refractivity contribution in [2.75, 3.05) is 7.11 Å². The van der Waals surface area contributed by atoms with E-state index in [9.17, 15) is 9.59 Å². The van der Waals surface area contributed by atoms with Crippen LogP contribution in [0, 0.1) is 5.92 Å². The van der Waals surface area contributed by atoms with Crippen molar-refractivity contribution in [3.8, 4) is 0 Å². The monoisotopic (exact) mass is 327 g/mol. The highest BCUT2D eigenvalue weighted by Gasteiger charge is 2.55. The zero-order valence-electron chi connectivity index (χ0n) is 13.7. The molecule has 0 N–H and O–H groups in total. The Morgan fingerprint density at radius 3 is 2.75 bits per heavy atom. The Balaban J connectivity index is 1.60. The normalized spacial score (nSPS) is 28.3. The van der Waals surface area contributed by atoms with Crippen molar-refractivity contribution in [3.05, 3.63) is 47.2 Å². The minimum Gasteiger partial charge on any atom is -0.456 e. The van der Waals surface area contributed by atoms with Crippen LogP contribution >= 0.6 is 0 Å². The van der Waals surface area contributed by atoms with Gasteiger partial charge in [-0.15, -0.1) is 0 Å². The molecule has 0 bridgehead atoms. The van der Waals surface area contributed by atoms with Crippen molar-refractivity contribution in [1.82, 2.24) is 4.90 Å². The van der Waals surface area contributed by atoms with Crippen molar-refractivity contribution in [3.63, 3.8) is 0 Å². The lowest BCUT2D eigenvalue weighted by Gasteiger charge is -2.39. The highest BCUT2D eigenvalue weighted by atomic mass is 16.5. The summed E-state index contributed by atoms with van der Waals surface area (Å²) in [5.41, 5.74) is 2.37. The number of hydrogen-bond donors (Lipinski definition) is 0. The van der Waals surface area contributed by atoms with Gasteiger partial charge in [-0.1, -0.05) is 30.3 Å². The second kappa shape index (κ2) is 6.06. The molecule has 126 valence electrons. The summed E-state index contributed by atoms with van der Waals surface area (Å²) < 4.78 is 11.1. The molecule has 0 spiro atoms. The number of carbonyl (C=O) groups is 2. The number of nitrogens with zero attached hydrogens (tertiary/aromatic N) is 1. The Bertz CT molecular complexity index is 697. The maximum absolute atomic E-state index is 12.7. The van der Waals surface area contributed by atoms with E-state index in [0.717, 1.165) is 30.4 Å². The van der Waals surface area contributed by atoms with Gasteiger partial charge >= 0.3 is 5.97 Å². The summed E-state index contributed by atoms with van der Waals surface area (Å²) in [6.45, 7) is 0.214. The minimum absolute atomic E-state index is 0.0171. The number of fused-ring (bicyclic) bond motifs is 3. The largest absolute Gasteiger partial charge is 0.456 e. The van der Waals surface area contributed by atoms with Gasteiger partial charge in [-0.05, 0) is 30.4 Å². The molecule has 2 heterocycles. The Morgan fingerprint density at radius 1 is 1.25 bits per heavy atom. The number of carbonyl (C=O) groups excluding carboxylic acids is 2. The molecule has 0 aromatic heterocycles. The maximum Gasteiger partial charge on any atom is 0.355 e. The summed E-state index contributed by atoms with van der Waals surface area (Å²) in [7, 11) is 1.67.